The molecule has 0 aliphatic heterocycles. The van der Waals surface area contributed by atoms with Crippen LogP contribution in [-0.4, -0.2) is 26.8 Å². The molecule has 0 radical (unpaired) electrons. The van der Waals surface area contributed by atoms with Crippen LogP contribution in [0.5, 0.6) is 11.5 Å². The Balaban J connectivity index is 2.99. The van der Waals surface area contributed by atoms with Crippen molar-refractivity contribution in [2.75, 3.05) is 20.8 Å². The lowest BCUT2D eigenvalue weighted by Crippen LogP contribution is -2.33. The Kier molecular flexibility index (Phi) is 5.67. The normalized spacial score (nSPS) is 13.2. The number of rotatable bonds is 7. The van der Waals surface area contributed by atoms with Crippen LogP contribution in [0.1, 0.15) is 39.7 Å². The summed E-state index contributed by atoms with van der Waals surface area (Å²) >= 11 is 0. The van der Waals surface area contributed by atoms with E-state index in [9.17, 15) is 0 Å². The zero-order valence-corrected chi connectivity index (χ0v) is 13.0. The summed E-state index contributed by atoms with van der Waals surface area (Å²) < 4.78 is 10.8. The quantitative estimate of drug-likeness (QED) is 0.820. The zero-order chi connectivity index (χ0) is 14.5. The van der Waals surface area contributed by atoms with Crippen molar-refractivity contribution in [3.63, 3.8) is 0 Å². The van der Waals surface area contributed by atoms with E-state index in [0.717, 1.165) is 24.5 Å². The highest BCUT2D eigenvalue weighted by Gasteiger charge is 2.26. The van der Waals surface area contributed by atoms with Gasteiger partial charge in [-0.05, 0) is 31.4 Å². The van der Waals surface area contributed by atoms with Gasteiger partial charge in [0.05, 0.1) is 14.2 Å². The van der Waals surface area contributed by atoms with Gasteiger partial charge in [0.2, 0.25) is 0 Å². The van der Waals surface area contributed by atoms with E-state index >= 15 is 0 Å². The highest BCUT2D eigenvalue weighted by molar-refractivity contribution is 5.44. The first-order valence-corrected chi connectivity index (χ1v) is 6.90. The molecule has 3 heteroatoms. The van der Waals surface area contributed by atoms with Crippen molar-refractivity contribution in [2.24, 2.45) is 0 Å². The van der Waals surface area contributed by atoms with Crippen LogP contribution >= 0.6 is 0 Å². The first-order valence-electron chi connectivity index (χ1n) is 6.90. The van der Waals surface area contributed by atoms with E-state index in [1.54, 1.807) is 14.2 Å². The van der Waals surface area contributed by atoms with Crippen molar-refractivity contribution in [3.8, 4) is 11.5 Å². The van der Waals surface area contributed by atoms with Crippen molar-refractivity contribution >= 4 is 0 Å². The largest absolute Gasteiger partial charge is 0.497 e. The third-order valence-corrected chi connectivity index (χ3v) is 3.51. The minimum Gasteiger partial charge on any atom is -0.497 e. The summed E-state index contributed by atoms with van der Waals surface area (Å²) in [6, 6.07) is 6.54. The fourth-order valence-corrected chi connectivity index (χ4v) is 2.65. The van der Waals surface area contributed by atoms with Gasteiger partial charge in [-0.2, -0.15) is 0 Å². The van der Waals surface area contributed by atoms with E-state index in [4.69, 9.17) is 9.47 Å². The average Bonchev–Trinajstić information content (AvgIpc) is 2.37. The number of hydrogen-bond donors (Lipinski definition) is 1. The SMILES string of the molecule is CCNC(C)CC(C)(C)c1ccc(OC)cc1OC. The fraction of sp³-hybridized carbons (Fsp3) is 0.625. The molecule has 3 nitrogen and oxygen atoms in total. The number of hydrogen-bond acceptors (Lipinski definition) is 3. The van der Waals surface area contributed by atoms with E-state index < -0.39 is 0 Å². The molecule has 0 aliphatic carbocycles. The second kappa shape index (κ2) is 6.80. The van der Waals surface area contributed by atoms with E-state index in [-0.39, 0.29) is 5.41 Å². The lowest BCUT2D eigenvalue weighted by atomic mass is 9.79. The predicted molar refractivity (Wildman–Crippen MR) is 80.3 cm³/mol. The van der Waals surface area contributed by atoms with Crippen molar-refractivity contribution in [1.29, 1.82) is 0 Å². The topological polar surface area (TPSA) is 30.5 Å². The van der Waals surface area contributed by atoms with Crippen LogP contribution in [-0.2, 0) is 5.41 Å². The summed E-state index contributed by atoms with van der Waals surface area (Å²) in [4.78, 5) is 0. The summed E-state index contributed by atoms with van der Waals surface area (Å²) in [5.74, 6) is 1.73. The molecule has 0 saturated heterocycles. The molecule has 0 bridgehead atoms. The number of benzene rings is 1. The van der Waals surface area contributed by atoms with Crippen LogP contribution in [0.2, 0.25) is 0 Å². The first-order chi connectivity index (χ1) is 8.94. The molecule has 0 amide bonds. The molecule has 1 N–H and O–H groups in total. The van der Waals surface area contributed by atoms with Crippen LogP contribution in [0.3, 0.4) is 0 Å². The molecule has 0 aliphatic rings. The zero-order valence-electron chi connectivity index (χ0n) is 13.0. The van der Waals surface area contributed by atoms with Gasteiger partial charge in [-0.25, -0.2) is 0 Å². The molecule has 19 heavy (non-hydrogen) atoms. The Hall–Kier alpha value is -1.22. The lowest BCUT2D eigenvalue weighted by Gasteiger charge is -2.30. The highest BCUT2D eigenvalue weighted by Crippen LogP contribution is 2.37. The van der Waals surface area contributed by atoms with Crippen LogP contribution in [0, 0.1) is 0 Å². The Morgan fingerprint density at radius 1 is 1.21 bits per heavy atom. The summed E-state index contributed by atoms with van der Waals surface area (Å²) in [5.41, 5.74) is 1.28. The summed E-state index contributed by atoms with van der Waals surface area (Å²) in [5, 5.41) is 3.47. The van der Waals surface area contributed by atoms with Crippen molar-refractivity contribution < 1.29 is 9.47 Å². The number of methoxy groups -OCH3 is 2. The molecular formula is C16H27NO2. The van der Waals surface area contributed by atoms with E-state index in [0.29, 0.717) is 6.04 Å². The Labute approximate surface area is 117 Å². The molecular weight excluding hydrogens is 238 g/mol. The van der Waals surface area contributed by atoms with Crippen LogP contribution in [0.25, 0.3) is 0 Å². The van der Waals surface area contributed by atoms with Crippen molar-refractivity contribution in [1.82, 2.24) is 5.32 Å². The summed E-state index contributed by atoms with van der Waals surface area (Å²) in [7, 11) is 3.38. The molecule has 0 spiro atoms. The van der Waals surface area contributed by atoms with Crippen LogP contribution in [0.4, 0.5) is 0 Å². The number of ether oxygens (including phenoxy) is 2. The van der Waals surface area contributed by atoms with Crippen LogP contribution in [0.15, 0.2) is 18.2 Å². The molecule has 1 atom stereocenters. The molecule has 108 valence electrons. The molecule has 1 aromatic carbocycles. The minimum absolute atomic E-state index is 0.0548. The molecule has 1 rings (SSSR count). The van der Waals surface area contributed by atoms with Gasteiger partial charge < -0.3 is 14.8 Å². The summed E-state index contributed by atoms with van der Waals surface area (Å²) in [6.07, 6.45) is 1.06. The van der Waals surface area contributed by atoms with Gasteiger partial charge >= 0.3 is 0 Å². The lowest BCUT2D eigenvalue weighted by molar-refractivity contribution is 0.356. The highest BCUT2D eigenvalue weighted by atomic mass is 16.5. The van der Waals surface area contributed by atoms with Gasteiger partial charge in [0, 0.05) is 17.7 Å². The minimum atomic E-state index is 0.0548. The molecule has 0 fully saturated rings. The van der Waals surface area contributed by atoms with Gasteiger partial charge in [0.1, 0.15) is 11.5 Å². The summed E-state index contributed by atoms with van der Waals surface area (Å²) in [6.45, 7) is 9.87. The third kappa shape index (κ3) is 4.13. The molecule has 1 unspecified atom stereocenters. The van der Waals surface area contributed by atoms with Gasteiger partial charge in [0.25, 0.3) is 0 Å². The fourth-order valence-electron chi connectivity index (χ4n) is 2.65. The maximum atomic E-state index is 5.52. The van der Waals surface area contributed by atoms with Gasteiger partial charge in [-0.3, -0.25) is 0 Å². The van der Waals surface area contributed by atoms with E-state index in [1.807, 2.05) is 12.1 Å². The van der Waals surface area contributed by atoms with Crippen LogP contribution < -0.4 is 14.8 Å². The standard InChI is InChI=1S/C16H27NO2/c1-7-17-12(2)11-16(3,4)14-9-8-13(18-5)10-15(14)19-6/h8-10,12,17H,7,11H2,1-6H3. The van der Waals surface area contributed by atoms with Gasteiger partial charge in [0.15, 0.2) is 0 Å². The van der Waals surface area contributed by atoms with E-state index in [1.165, 1.54) is 5.56 Å². The van der Waals surface area contributed by atoms with E-state index in [2.05, 4.69) is 39.1 Å². The maximum absolute atomic E-state index is 5.52. The van der Waals surface area contributed by atoms with Crippen molar-refractivity contribution in [3.05, 3.63) is 23.8 Å². The first kappa shape index (κ1) is 15.8. The molecule has 0 aromatic heterocycles. The Bertz CT molecular complexity index is 402. The smallest absolute Gasteiger partial charge is 0.126 e. The third-order valence-electron chi connectivity index (χ3n) is 3.51. The second-order valence-electron chi connectivity index (χ2n) is 5.61. The Morgan fingerprint density at radius 3 is 2.42 bits per heavy atom. The maximum Gasteiger partial charge on any atom is 0.126 e. The predicted octanol–water partition coefficient (Wildman–Crippen LogP) is 3.37. The van der Waals surface area contributed by atoms with Gasteiger partial charge in [-0.1, -0.05) is 26.8 Å². The monoisotopic (exact) mass is 265 g/mol. The molecule has 0 heterocycles. The average molecular weight is 265 g/mol. The number of nitrogens with one attached hydrogen (secondary N) is 1. The van der Waals surface area contributed by atoms with Gasteiger partial charge in [-0.15, -0.1) is 0 Å². The molecule has 0 saturated carbocycles. The molecule has 1 aromatic rings. The second-order valence-corrected chi connectivity index (χ2v) is 5.61. The Morgan fingerprint density at radius 2 is 1.89 bits per heavy atom. The van der Waals surface area contributed by atoms with Crippen molar-refractivity contribution in [2.45, 2.75) is 45.6 Å².